The van der Waals surface area contributed by atoms with Gasteiger partial charge < -0.3 is 25.3 Å². The molecule has 2 atom stereocenters. The van der Waals surface area contributed by atoms with Crippen LogP contribution >= 0.6 is 11.6 Å². The molecule has 0 spiro atoms. The Morgan fingerprint density at radius 2 is 1.65 bits per heavy atom. The lowest BCUT2D eigenvalue weighted by atomic mass is 10.1. The minimum absolute atomic E-state index is 0.114. The number of aromatic amines is 1. The SMILES string of the molecule is O=C(N[C@H]1COC[C@H]1NC(=O)c1ccc(N2CCCCC2=O)cc1)c1ccc2c(Cl)c[nH]c2c1. The molecule has 2 aliphatic heterocycles. The Bertz CT molecular complexity index is 1240. The fourth-order valence-corrected chi connectivity index (χ4v) is 4.67. The summed E-state index contributed by atoms with van der Waals surface area (Å²) in [5.41, 5.74) is 2.56. The number of nitrogens with zero attached hydrogens (tertiary/aromatic N) is 1. The largest absolute Gasteiger partial charge is 0.377 e. The summed E-state index contributed by atoms with van der Waals surface area (Å²) < 4.78 is 5.53. The molecule has 2 aliphatic rings. The number of fused-ring (bicyclic) bond motifs is 1. The van der Waals surface area contributed by atoms with Gasteiger partial charge in [0.25, 0.3) is 11.8 Å². The number of ether oxygens (including phenoxy) is 1. The van der Waals surface area contributed by atoms with Crippen molar-refractivity contribution in [2.45, 2.75) is 31.3 Å². The topological polar surface area (TPSA) is 104 Å². The molecule has 34 heavy (non-hydrogen) atoms. The first kappa shape index (κ1) is 22.4. The van der Waals surface area contributed by atoms with Crippen molar-refractivity contribution in [3.05, 3.63) is 64.8 Å². The van der Waals surface area contributed by atoms with Crippen LogP contribution in [0.1, 0.15) is 40.0 Å². The maximum atomic E-state index is 12.8. The third-order valence-corrected chi connectivity index (χ3v) is 6.68. The highest BCUT2D eigenvalue weighted by molar-refractivity contribution is 6.35. The molecule has 9 heteroatoms. The Kier molecular flexibility index (Phi) is 6.26. The molecular weight excluding hydrogens is 456 g/mol. The zero-order chi connectivity index (χ0) is 23.7. The third kappa shape index (κ3) is 4.51. The standard InChI is InChI=1S/C25H25ClN4O4/c26-19-12-27-20-11-16(6-9-18(19)20)25(33)29-22-14-34-13-21(22)28-24(32)15-4-7-17(8-5-15)30-10-2-1-3-23(30)31/h4-9,11-12,21-22,27H,1-3,10,13-14H2,(H,28,32)(H,29,33)/t21-,22+/m1/s1. The van der Waals surface area contributed by atoms with Gasteiger partial charge in [0.2, 0.25) is 5.91 Å². The molecule has 8 nitrogen and oxygen atoms in total. The summed E-state index contributed by atoms with van der Waals surface area (Å²) in [7, 11) is 0. The highest BCUT2D eigenvalue weighted by Crippen LogP contribution is 2.24. The van der Waals surface area contributed by atoms with Gasteiger partial charge in [-0.2, -0.15) is 0 Å². The van der Waals surface area contributed by atoms with Gasteiger partial charge in [-0.3, -0.25) is 14.4 Å². The molecule has 2 fully saturated rings. The normalized spacial score (nSPS) is 20.5. The predicted octanol–water partition coefficient (Wildman–Crippen LogP) is 3.27. The lowest BCUT2D eigenvalue weighted by Crippen LogP contribution is -2.51. The number of anilines is 1. The molecular formula is C25H25ClN4O4. The second kappa shape index (κ2) is 9.48. The fourth-order valence-electron chi connectivity index (χ4n) is 4.45. The number of amides is 3. The summed E-state index contributed by atoms with van der Waals surface area (Å²) in [5, 5.41) is 7.37. The third-order valence-electron chi connectivity index (χ3n) is 6.37. The number of halogens is 1. The zero-order valence-electron chi connectivity index (χ0n) is 18.5. The summed E-state index contributed by atoms with van der Waals surface area (Å²) in [6.45, 7) is 1.32. The molecule has 3 heterocycles. The van der Waals surface area contributed by atoms with E-state index in [0.29, 0.717) is 42.3 Å². The molecule has 0 aliphatic carbocycles. The van der Waals surface area contributed by atoms with Crippen LogP contribution in [0.5, 0.6) is 0 Å². The molecule has 3 amide bonds. The van der Waals surface area contributed by atoms with E-state index in [1.165, 1.54) is 0 Å². The minimum Gasteiger partial charge on any atom is -0.377 e. The summed E-state index contributed by atoms with van der Waals surface area (Å²) in [4.78, 5) is 42.6. The summed E-state index contributed by atoms with van der Waals surface area (Å²) >= 11 is 6.11. The lowest BCUT2D eigenvalue weighted by molar-refractivity contribution is -0.119. The van der Waals surface area contributed by atoms with E-state index >= 15 is 0 Å². The smallest absolute Gasteiger partial charge is 0.251 e. The van der Waals surface area contributed by atoms with Crippen LogP contribution in [-0.4, -0.2) is 54.5 Å². The highest BCUT2D eigenvalue weighted by Gasteiger charge is 2.31. The molecule has 0 radical (unpaired) electrons. The first-order valence-electron chi connectivity index (χ1n) is 11.4. The van der Waals surface area contributed by atoms with Gasteiger partial charge in [-0.05, 0) is 49.2 Å². The van der Waals surface area contributed by atoms with Crippen LogP contribution in [0, 0.1) is 0 Å². The van der Waals surface area contributed by atoms with E-state index in [1.807, 2.05) is 0 Å². The number of rotatable bonds is 5. The number of H-pyrrole nitrogens is 1. The van der Waals surface area contributed by atoms with Crippen molar-refractivity contribution >= 4 is 45.9 Å². The van der Waals surface area contributed by atoms with Gasteiger partial charge in [-0.1, -0.05) is 17.7 Å². The van der Waals surface area contributed by atoms with Gasteiger partial charge in [0, 0.05) is 46.9 Å². The maximum absolute atomic E-state index is 12.8. The average molecular weight is 481 g/mol. The summed E-state index contributed by atoms with van der Waals surface area (Å²) in [6.07, 6.45) is 4.14. The van der Waals surface area contributed by atoms with Crippen LogP contribution in [-0.2, 0) is 9.53 Å². The predicted molar refractivity (Wildman–Crippen MR) is 129 cm³/mol. The molecule has 2 aromatic carbocycles. The van der Waals surface area contributed by atoms with E-state index in [9.17, 15) is 14.4 Å². The van der Waals surface area contributed by atoms with E-state index in [-0.39, 0.29) is 29.8 Å². The number of hydrogen-bond donors (Lipinski definition) is 3. The van der Waals surface area contributed by atoms with Crippen LogP contribution < -0.4 is 15.5 Å². The first-order chi connectivity index (χ1) is 16.5. The molecule has 2 saturated heterocycles. The highest BCUT2D eigenvalue weighted by atomic mass is 35.5. The molecule has 0 saturated carbocycles. The Morgan fingerprint density at radius 3 is 2.35 bits per heavy atom. The van der Waals surface area contributed by atoms with Gasteiger partial charge in [-0.15, -0.1) is 0 Å². The van der Waals surface area contributed by atoms with Crippen molar-refractivity contribution < 1.29 is 19.1 Å². The number of carbonyl (C=O) groups excluding carboxylic acids is 3. The van der Waals surface area contributed by atoms with Crippen molar-refractivity contribution in [2.75, 3.05) is 24.7 Å². The molecule has 0 bridgehead atoms. The van der Waals surface area contributed by atoms with Crippen molar-refractivity contribution in [1.82, 2.24) is 15.6 Å². The molecule has 3 N–H and O–H groups in total. The molecule has 3 aromatic rings. The number of nitrogens with one attached hydrogen (secondary N) is 3. The molecule has 1 aromatic heterocycles. The van der Waals surface area contributed by atoms with Crippen LogP contribution in [0.3, 0.4) is 0 Å². The first-order valence-corrected chi connectivity index (χ1v) is 11.7. The minimum atomic E-state index is -0.358. The maximum Gasteiger partial charge on any atom is 0.251 e. The number of piperidine rings is 1. The Hall–Kier alpha value is -3.36. The quantitative estimate of drug-likeness (QED) is 0.521. The average Bonchev–Trinajstić information content (AvgIpc) is 3.45. The number of hydrogen-bond acceptors (Lipinski definition) is 4. The zero-order valence-corrected chi connectivity index (χ0v) is 19.2. The van der Waals surface area contributed by atoms with Gasteiger partial charge in [-0.25, -0.2) is 0 Å². The second-order valence-electron chi connectivity index (χ2n) is 8.64. The van der Waals surface area contributed by atoms with Crippen molar-refractivity contribution in [2.24, 2.45) is 0 Å². The van der Waals surface area contributed by atoms with Gasteiger partial charge in [0.15, 0.2) is 0 Å². The molecule has 176 valence electrons. The van der Waals surface area contributed by atoms with E-state index in [4.69, 9.17) is 16.3 Å². The lowest BCUT2D eigenvalue weighted by Gasteiger charge is -2.27. The number of carbonyl (C=O) groups is 3. The van der Waals surface area contributed by atoms with Gasteiger partial charge >= 0.3 is 0 Å². The molecule has 5 rings (SSSR count). The van der Waals surface area contributed by atoms with E-state index in [0.717, 1.165) is 29.4 Å². The second-order valence-corrected chi connectivity index (χ2v) is 9.05. The molecule has 0 unspecified atom stereocenters. The van der Waals surface area contributed by atoms with Crippen LogP contribution in [0.2, 0.25) is 5.02 Å². The Balaban J connectivity index is 1.21. The van der Waals surface area contributed by atoms with E-state index in [1.54, 1.807) is 53.6 Å². The van der Waals surface area contributed by atoms with Crippen molar-refractivity contribution in [3.63, 3.8) is 0 Å². The van der Waals surface area contributed by atoms with Crippen LogP contribution in [0.15, 0.2) is 48.7 Å². The van der Waals surface area contributed by atoms with Crippen molar-refractivity contribution in [3.8, 4) is 0 Å². The summed E-state index contributed by atoms with van der Waals surface area (Å²) in [6, 6.07) is 11.6. The number of aromatic nitrogens is 1. The van der Waals surface area contributed by atoms with E-state index in [2.05, 4.69) is 15.6 Å². The van der Waals surface area contributed by atoms with E-state index < -0.39 is 0 Å². The van der Waals surface area contributed by atoms with Crippen molar-refractivity contribution in [1.29, 1.82) is 0 Å². The summed E-state index contributed by atoms with van der Waals surface area (Å²) in [5.74, 6) is -0.393. The Morgan fingerprint density at radius 1 is 0.971 bits per heavy atom. The van der Waals surface area contributed by atoms with Gasteiger partial charge in [0.1, 0.15) is 0 Å². The number of benzene rings is 2. The van der Waals surface area contributed by atoms with Crippen LogP contribution in [0.25, 0.3) is 10.9 Å². The van der Waals surface area contributed by atoms with Crippen LogP contribution in [0.4, 0.5) is 5.69 Å². The fraction of sp³-hybridized carbons (Fsp3) is 0.320. The van der Waals surface area contributed by atoms with Gasteiger partial charge in [0.05, 0.1) is 30.3 Å². The monoisotopic (exact) mass is 480 g/mol. The Labute approximate surface area is 201 Å².